The van der Waals surface area contributed by atoms with Gasteiger partial charge in [0, 0.05) is 19.1 Å². The van der Waals surface area contributed by atoms with Gasteiger partial charge in [0.2, 0.25) is 0 Å². The van der Waals surface area contributed by atoms with E-state index < -0.39 is 0 Å². The number of aromatic nitrogens is 1. The second-order valence-electron chi connectivity index (χ2n) is 5.60. The average molecular weight is 249 g/mol. The molecule has 2 aliphatic rings. The molecule has 1 atom stereocenters. The molecule has 1 aliphatic heterocycles. The third kappa shape index (κ3) is 2.26. The van der Waals surface area contributed by atoms with Crippen molar-refractivity contribution in [2.75, 3.05) is 18.5 Å². The summed E-state index contributed by atoms with van der Waals surface area (Å²) >= 11 is 0. The van der Waals surface area contributed by atoms with E-state index in [1.54, 1.807) is 6.26 Å². The van der Waals surface area contributed by atoms with Gasteiger partial charge in [0.15, 0.2) is 0 Å². The minimum Gasteiger partial charge on any atom is -0.432 e. The van der Waals surface area contributed by atoms with Crippen LogP contribution in [-0.4, -0.2) is 24.6 Å². The average Bonchev–Trinajstić information content (AvgIpc) is 3.10. The van der Waals surface area contributed by atoms with Crippen LogP contribution in [0.2, 0.25) is 0 Å². The normalized spacial score (nSPS) is 25.2. The highest BCUT2D eigenvalue weighted by molar-refractivity contribution is 5.31. The Morgan fingerprint density at radius 3 is 2.94 bits per heavy atom. The van der Waals surface area contributed by atoms with Crippen molar-refractivity contribution in [3.8, 4) is 0 Å². The molecule has 0 bridgehead atoms. The minimum atomic E-state index is 0.675. The molecule has 0 amide bonds. The van der Waals surface area contributed by atoms with Gasteiger partial charge in [-0.1, -0.05) is 12.8 Å². The molecule has 2 fully saturated rings. The van der Waals surface area contributed by atoms with Gasteiger partial charge in [-0.3, -0.25) is 0 Å². The van der Waals surface area contributed by atoms with Crippen molar-refractivity contribution >= 4 is 6.01 Å². The predicted molar refractivity (Wildman–Crippen MR) is 71.6 cm³/mol. The SMILES string of the molecule is CNCc1coc(N2CCCC2C2CCCC2)n1. The van der Waals surface area contributed by atoms with Gasteiger partial charge in [0.1, 0.15) is 6.26 Å². The van der Waals surface area contributed by atoms with Gasteiger partial charge < -0.3 is 14.6 Å². The molecule has 1 aromatic heterocycles. The second kappa shape index (κ2) is 5.31. The molecule has 1 saturated heterocycles. The number of nitrogens with zero attached hydrogens (tertiary/aromatic N) is 2. The molecule has 1 unspecified atom stereocenters. The Morgan fingerprint density at radius 1 is 1.33 bits per heavy atom. The number of oxazole rings is 1. The van der Waals surface area contributed by atoms with Gasteiger partial charge in [-0.25, -0.2) is 0 Å². The fourth-order valence-electron chi connectivity index (χ4n) is 3.55. The van der Waals surface area contributed by atoms with E-state index in [0.717, 1.165) is 30.7 Å². The Labute approximate surface area is 109 Å². The summed E-state index contributed by atoms with van der Waals surface area (Å²) in [4.78, 5) is 7.01. The van der Waals surface area contributed by atoms with Crippen molar-refractivity contribution in [1.82, 2.24) is 10.3 Å². The lowest BCUT2D eigenvalue weighted by Gasteiger charge is -2.27. The van der Waals surface area contributed by atoms with Gasteiger partial charge in [0.25, 0.3) is 6.01 Å². The van der Waals surface area contributed by atoms with Crippen LogP contribution in [-0.2, 0) is 6.54 Å². The standard InChI is InChI=1S/C14H23N3O/c1-15-9-12-10-18-14(16-12)17-8-4-7-13(17)11-5-2-3-6-11/h10-11,13,15H,2-9H2,1H3. The van der Waals surface area contributed by atoms with Gasteiger partial charge in [-0.2, -0.15) is 4.98 Å². The first-order chi connectivity index (χ1) is 8.88. The van der Waals surface area contributed by atoms with Gasteiger partial charge in [0.05, 0.1) is 5.69 Å². The largest absolute Gasteiger partial charge is 0.432 e. The number of anilines is 1. The Bertz CT molecular complexity index is 384. The maximum absolute atomic E-state index is 5.67. The topological polar surface area (TPSA) is 41.3 Å². The summed E-state index contributed by atoms with van der Waals surface area (Å²) in [5.41, 5.74) is 1.00. The van der Waals surface area contributed by atoms with Crippen molar-refractivity contribution in [2.24, 2.45) is 5.92 Å². The van der Waals surface area contributed by atoms with Crippen molar-refractivity contribution in [3.63, 3.8) is 0 Å². The van der Waals surface area contributed by atoms with E-state index in [2.05, 4.69) is 15.2 Å². The highest BCUT2D eigenvalue weighted by Crippen LogP contribution is 2.37. The molecule has 1 saturated carbocycles. The van der Waals surface area contributed by atoms with E-state index in [4.69, 9.17) is 4.42 Å². The molecular weight excluding hydrogens is 226 g/mol. The van der Waals surface area contributed by atoms with E-state index in [-0.39, 0.29) is 0 Å². The van der Waals surface area contributed by atoms with Crippen molar-refractivity contribution in [3.05, 3.63) is 12.0 Å². The molecule has 0 radical (unpaired) electrons. The summed E-state index contributed by atoms with van der Waals surface area (Å²) in [5.74, 6) is 0.868. The molecule has 1 aliphatic carbocycles. The first-order valence-electron chi connectivity index (χ1n) is 7.24. The van der Waals surface area contributed by atoms with Crippen LogP contribution in [0.4, 0.5) is 6.01 Å². The van der Waals surface area contributed by atoms with Crippen LogP contribution in [0.25, 0.3) is 0 Å². The monoisotopic (exact) mass is 249 g/mol. The third-order valence-electron chi connectivity index (χ3n) is 4.39. The molecule has 100 valence electrons. The number of nitrogens with one attached hydrogen (secondary N) is 1. The Balaban J connectivity index is 1.72. The zero-order chi connectivity index (χ0) is 12.4. The summed E-state index contributed by atoms with van der Waals surface area (Å²) in [6.45, 7) is 1.89. The molecule has 2 heterocycles. The molecule has 1 aromatic rings. The van der Waals surface area contributed by atoms with Gasteiger partial charge >= 0.3 is 0 Å². The highest BCUT2D eigenvalue weighted by atomic mass is 16.4. The number of hydrogen-bond acceptors (Lipinski definition) is 4. The van der Waals surface area contributed by atoms with Crippen LogP contribution >= 0.6 is 0 Å². The van der Waals surface area contributed by atoms with E-state index in [1.807, 2.05) is 7.05 Å². The lowest BCUT2D eigenvalue weighted by atomic mass is 9.96. The summed E-state index contributed by atoms with van der Waals surface area (Å²) in [6, 6.07) is 1.52. The zero-order valence-corrected chi connectivity index (χ0v) is 11.2. The fourth-order valence-corrected chi connectivity index (χ4v) is 3.55. The maximum atomic E-state index is 5.67. The lowest BCUT2D eigenvalue weighted by molar-refractivity contribution is 0.409. The Kier molecular flexibility index (Phi) is 3.55. The first-order valence-corrected chi connectivity index (χ1v) is 7.24. The molecule has 18 heavy (non-hydrogen) atoms. The molecule has 1 N–H and O–H groups in total. The summed E-state index contributed by atoms with van der Waals surface area (Å²) in [7, 11) is 1.94. The first kappa shape index (κ1) is 12.0. The van der Waals surface area contributed by atoms with E-state index in [0.29, 0.717) is 6.04 Å². The Morgan fingerprint density at radius 2 is 2.17 bits per heavy atom. The maximum Gasteiger partial charge on any atom is 0.297 e. The number of hydrogen-bond donors (Lipinski definition) is 1. The Hall–Kier alpha value is -1.03. The van der Waals surface area contributed by atoms with Crippen LogP contribution in [0.3, 0.4) is 0 Å². The van der Waals surface area contributed by atoms with Gasteiger partial charge in [-0.15, -0.1) is 0 Å². The molecule has 4 heteroatoms. The smallest absolute Gasteiger partial charge is 0.297 e. The van der Waals surface area contributed by atoms with E-state index in [9.17, 15) is 0 Å². The molecule has 0 aromatic carbocycles. The molecular formula is C14H23N3O. The summed E-state index contributed by atoms with van der Waals surface area (Å²) in [5, 5.41) is 3.11. The predicted octanol–water partition coefficient (Wildman–Crippen LogP) is 2.55. The quantitative estimate of drug-likeness (QED) is 0.890. The molecule has 3 rings (SSSR count). The van der Waals surface area contributed by atoms with E-state index in [1.165, 1.54) is 38.5 Å². The lowest BCUT2D eigenvalue weighted by Crippen LogP contribution is -2.34. The second-order valence-corrected chi connectivity index (χ2v) is 5.60. The summed E-state index contributed by atoms with van der Waals surface area (Å²) < 4.78 is 5.67. The van der Waals surface area contributed by atoms with Crippen LogP contribution in [0.5, 0.6) is 0 Å². The third-order valence-corrected chi connectivity index (χ3v) is 4.39. The van der Waals surface area contributed by atoms with Crippen molar-refractivity contribution in [1.29, 1.82) is 0 Å². The highest BCUT2D eigenvalue weighted by Gasteiger charge is 2.35. The van der Waals surface area contributed by atoms with Crippen LogP contribution in [0.15, 0.2) is 10.7 Å². The van der Waals surface area contributed by atoms with Crippen molar-refractivity contribution in [2.45, 2.75) is 51.1 Å². The zero-order valence-electron chi connectivity index (χ0n) is 11.2. The van der Waals surface area contributed by atoms with Crippen molar-refractivity contribution < 1.29 is 4.42 Å². The molecule has 0 spiro atoms. The van der Waals surface area contributed by atoms with Gasteiger partial charge in [-0.05, 0) is 38.6 Å². The molecule has 4 nitrogen and oxygen atoms in total. The van der Waals surface area contributed by atoms with E-state index >= 15 is 0 Å². The summed E-state index contributed by atoms with van der Waals surface area (Å²) in [6.07, 6.45) is 9.99. The van der Waals surface area contributed by atoms with Crippen LogP contribution < -0.4 is 10.2 Å². The van der Waals surface area contributed by atoms with Crippen LogP contribution in [0.1, 0.15) is 44.2 Å². The minimum absolute atomic E-state index is 0.675. The number of rotatable bonds is 4. The van der Waals surface area contributed by atoms with Crippen LogP contribution in [0, 0.1) is 5.92 Å². The fraction of sp³-hybridized carbons (Fsp3) is 0.786.